The van der Waals surface area contributed by atoms with Gasteiger partial charge in [-0.15, -0.1) is 0 Å². The van der Waals surface area contributed by atoms with Crippen molar-refractivity contribution in [2.75, 3.05) is 11.5 Å². The van der Waals surface area contributed by atoms with Crippen molar-refractivity contribution < 1.29 is 17.7 Å². The predicted octanol–water partition coefficient (Wildman–Crippen LogP) is 3.79. The van der Waals surface area contributed by atoms with Crippen LogP contribution in [0.3, 0.4) is 0 Å². The average Bonchev–Trinajstić information content (AvgIpc) is 3.34. The quantitative estimate of drug-likeness (QED) is 0.623. The zero-order chi connectivity index (χ0) is 21.3. The Kier molecular flexibility index (Phi) is 5.47. The molecule has 0 aliphatic carbocycles. The van der Waals surface area contributed by atoms with Crippen LogP contribution in [-0.4, -0.2) is 41.9 Å². The van der Waals surface area contributed by atoms with Crippen LogP contribution in [0.25, 0.3) is 11.3 Å². The fraction of sp³-hybridized carbons (Fsp3) is 0.304. The first-order chi connectivity index (χ1) is 14.3. The largest absolute Gasteiger partial charge is 0.355 e. The van der Waals surface area contributed by atoms with Crippen molar-refractivity contribution in [3.05, 3.63) is 77.0 Å². The van der Waals surface area contributed by atoms with Crippen LogP contribution in [0.15, 0.2) is 59.1 Å². The van der Waals surface area contributed by atoms with Crippen LogP contribution in [0.5, 0.6) is 0 Å². The van der Waals surface area contributed by atoms with E-state index in [1.54, 1.807) is 11.0 Å². The maximum atomic E-state index is 13.3. The molecule has 30 heavy (non-hydrogen) atoms. The second-order valence-corrected chi connectivity index (χ2v) is 10.1. The lowest BCUT2D eigenvalue weighted by Gasteiger charge is -2.27. The number of benzene rings is 2. The SMILES string of the molecule is Cc1ccc(CN(C(=O)c2cc(-c3ccc(C)cc3)on2)[C@@H]2CCS(=O)(=O)C2)cc1. The van der Waals surface area contributed by atoms with Crippen molar-refractivity contribution in [3.8, 4) is 11.3 Å². The lowest BCUT2D eigenvalue weighted by molar-refractivity contribution is 0.0670. The molecule has 0 unspecified atom stereocenters. The molecule has 0 radical (unpaired) electrons. The summed E-state index contributed by atoms with van der Waals surface area (Å²) in [6.07, 6.45) is 0.433. The highest BCUT2D eigenvalue weighted by molar-refractivity contribution is 7.91. The van der Waals surface area contributed by atoms with Crippen molar-refractivity contribution in [1.82, 2.24) is 10.1 Å². The summed E-state index contributed by atoms with van der Waals surface area (Å²) in [6.45, 7) is 4.32. The van der Waals surface area contributed by atoms with Gasteiger partial charge >= 0.3 is 0 Å². The van der Waals surface area contributed by atoms with E-state index >= 15 is 0 Å². The van der Waals surface area contributed by atoms with Crippen LogP contribution in [0.1, 0.15) is 33.6 Å². The summed E-state index contributed by atoms with van der Waals surface area (Å²) < 4.78 is 29.5. The van der Waals surface area contributed by atoms with Crippen molar-refractivity contribution in [2.45, 2.75) is 32.9 Å². The van der Waals surface area contributed by atoms with Crippen molar-refractivity contribution in [1.29, 1.82) is 0 Å². The van der Waals surface area contributed by atoms with Gasteiger partial charge in [-0.1, -0.05) is 64.8 Å². The van der Waals surface area contributed by atoms with Gasteiger partial charge in [0, 0.05) is 24.2 Å². The molecule has 6 nitrogen and oxygen atoms in total. The molecule has 1 aromatic heterocycles. The van der Waals surface area contributed by atoms with E-state index in [1.165, 1.54) is 0 Å². The molecule has 0 spiro atoms. The molecule has 0 saturated carbocycles. The zero-order valence-corrected chi connectivity index (χ0v) is 17.9. The van der Waals surface area contributed by atoms with Crippen LogP contribution >= 0.6 is 0 Å². The van der Waals surface area contributed by atoms with E-state index in [-0.39, 0.29) is 29.1 Å². The van der Waals surface area contributed by atoms with Crippen LogP contribution in [0.2, 0.25) is 0 Å². The number of amides is 1. The van der Waals surface area contributed by atoms with Gasteiger partial charge in [0.05, 0.1) is 11.5 Å². The summed E-state index contributed by atoms with van der Waals surface area (Å²) in [7, 11) is -3.13. The van der Waals surface area contributed by atoms with Gasteiger partial charge < -0.3 is 9.42 Å². The Hall–Kier alpha value is -2.93. The average molecular weight is 425 g/mol. The van der Waals surface area contributed by atoms with E-state index in [0.29, 0.717) is 18.7 Å². The van der Waals surface area contributed by atoms with E-state index in [1.807, 2.05) is 62.4 Å². The number of carbonyl (C=O) groups is 1. The molecule has 1 aliphatic heterocycles. The van der Waals surface area contributed by atoms with E-state index < -0.39 is 9.84 Å². The standard InChI is InChI=1S/C23H24N2O4S/c1-16-3-7-18(8-4-16)14-25(20-11-12-30(27,28)15-20)23(26)21-13-22(29-24-21)19-9-5-17(2)6-10-19/h3-10,13,20H,11-12,14-15H2,1-2H3/t20-/m1/s1. The minimum atomic E-state index is -3.13. The highest BCUT2D eigenvalue weighted by atomic mass is 32.2. The second-order valence-electron chi connectivity index (χ2n) is 7.92. The number of nitrogens with zero attached hydrogens (tertiary/aromatic N) is 2. The molecule has 3 aromatic rings. The fourth-order valence-corrected chi connectivity index (χ4v) is 5.39. The monoisotopic (exact) mass is 424 g/mol. The summed E-state index contributed by atoms with van der Waals surface area (Å²) in [5.74, 6) is 0.267. The molecule has 7 heteroatoms. The fourth-order valence-electron chi connectivity index (χ4n) is 3.66. The Labute approximate surface area is 176 Å². The number of aryl methyl sites for hydroxylation is 2. The Morgan fingerprint density at radius 3 is 2.30 bits per heavy atom. The van der Waals surface area contributed by atoms with Crippen LogP contribution in [0.4, 0.5) is 0 Å². The number of carbonyl (C=O) groups excluding carboxylic acids is 1. The Morgan fingerprint density at radius 1 is 1.07 bits per heavy atom. The maximum Gasteiger partial charge on any atom is 0.276 e. The summed E-state index contributed by atoms with van der Waals surface area (Å²) >= 11 is 0. The summed E-state index contributed by atoms with van der Waals surface area (Å²) in [5, 5.41) is 3.98. The van der Waals surface area contributed by atoms with Gasteiger partial charge in [0.15, 0.2) is 21.3 Å². The van der Waals surface area contributed by atoms with Gasteiger partial charge in [0.2, 0.25) is 0 Å². The molecule has 156 valence electrons. The van der Waals surface area contributed by atoms with E-state index in [0.717, 1.165) is 22.3 Å². The minimum absolute atomic E-state index is 0.0206. The molecule has 0 N–H and O–H groups in total. The van der Waals surface area contributed by atoms with E-state index in [2.05, 4.69) is 5.16 Å². The zero-order valence-electron chi connectivity index (χ0n) is 17.0. The Morgan fingerprint density at radius 2 is 1.70 bits per heavy atom. The van der Waals surface area contributed by atoms with Crippen LogP contribution < -0.4 is 0 Å². The number of sulfone groups is 1. The third-order valence-corrected chi connectivity index (χ3v) is 7.20. The smallest absolute Gasteiger partial charge is 0.276 e. The van der Waals surface area contributed by atoms with Crippen LogP contribution in [-0.2, 0) is 16.4 Å². The Balaban J connectivity index is 1.62. The first kappa shape index (κ1) is 20.3. The molecular formula is C23H24N2O4S. The summed E-state index contributed by atoms with van der Waals surface area (Å²) in [5.41, 5.74) is 4.21. The molecule has 1 aliphatic rings. The molecule has 2 heterocycles. The van der Waals surface area contributed by atoms with Gasteiger partial charge in [0.1, 0.15) is 0 Å². The topological polar surface area (TPSA) is 80.5 Å². The Bertz CT molecular complexity index is 1150. The minimum Gasteiger partial charge on any atom is -0.355 e. The highest BCUT2D eigenvalue weighted by Crippen LogP contribution is 2.25. The molecular weight excluding hydrogens is 400 g/mol. The van der Waals surface area contributed by atoms with Crippen LogP contribution in [0, 0.1) is 13.8 Å². The number of hydrogen-bond acceptors (Lipinski definition) is 5. The van der Waals surface area contributed by atoms with Gasteiger partial charge in [-0.25, -0.2) is 8.42 Å². The van der Waals surface area contributed by atoms with Crippen molar-refractivity contribution in [2.24, 2.45) is 0 Å². The second kappa shape index (κ2) is 8.07. The van der Waals surface area contributed by atoms with Gasteiger partial charge in [-0.05, 0) is 25.8 Å². The maximum absolute atomic E-state index is 13.3. The van der Waals surface area contributed by atoms with Gasteiger partial charge in [-0.3, -0.25) is 4.79 Å². The van der Waals surface area contributed by atoms with E-state index in [4.69, 9.17) is 4.52 Å². The predicted molar refractivity (Wildman–Crippen MR) is 115 cm³/mol. The number of aromatic nitrogens is 1. The summed E-state index contributed by atoms with van der Waals surface area (Å²) in [6, 6.07) is 16.9. The normalized spacial score (nSPS) is 17.7. The summed E-state index contributed by atoms with van der Waals surface area (Å²) in [4.78, 5) is 14.9. The molecule has 1 fully saturated rings. The first-order valence-corrected chi connectivity index (χ1v) is 11.7. The lowest BCUT2D eigenvalue weighted by Crippen LogP contribution is -2.40. The molecule has 1 atom stereocenters. The van der Waals surface area contributed by atoms with Crippen molar-refractivity contribution in [3.63, 3.8) is 0 Å². The number of hydrogen-bond donors (Lipinski definition) is 0. The first-order valence-electron chi connectivity index (χ1n) is 9.91. The molecule has 1 amide bonds. The molecule has 1 saturated heterocycles. The number of rotatable bonds is 5. The molecule has 0 bridgehead atoms. The highest BCUT2D eigenvalue weighted by Gasteiger charge is 2.36. The van der Waals surface area contributed by atoms with Gasteiger partial charge in [-0.2, -0.15) is 0 Å². The molecule has 4 rings (SSSR count). The third-order valence-electron chi connectivity index (χ3n) is 5.45. The van der Waals surface area contributed by atoms with Gasteiger partial charge in [0.25, 0.3) is 5.91 Å². The lowest BCUT2D eigenvalue weighted by atomic mass is 10.1. The molecule has 2 aromatic carbocycles. The van der Waals surface area contributed by atoms with Crippen molar-refractivity contribution >= 4 is 15.7 Å². The van der Waals surface area contributed by atoms with E-state index in [9.17, 15) is 13.2 Å². The third kappa shape index (κ3) is 4.46.